The predicted molar refractivity (Wildman–Crippen MR) is 77.1 cm³/mol. The standard InChI is InChI=1S/C16H25NO/c1-12(2)14-7-4-6-13(3)15(14)17-10-16(11-18)8-5-9-16/h4,6-7,12,17-18H,5,8-11H2,1-3H3. The summed E-state index contributed by atoms with van der Waals surface area (Å²) in [5.41, 5.74) is 4.08. The fourth-order valence-electron chi connectivity index (χ4n) is 2.76. The molecule has 0 unspecified atom stereocenters. The summed E-state index contributed by atoms with van der Waals surface area (Å²) in [5, 5.41) is 13.1. The van der Waals surface area contributed by atoms with Gasteiger partial charge in [-0.1, -0.05) is 38.5 Å². The third kappa shape index (κ3) is 2.54. The molecule has 0 spiro atoms. The Labute approximate surface area is 110 Å². The van der Waals surface area contributed by atoms with Crippen LogP contribution in [0.4, 0.5) is 5.69 Å². The van der Waals surface area contributed by atoms with Crippen LogP contribution in [0.25, 0.3) is 0 Å². The zero-order valence-corrected chi connectivity index (χ0v) is 11.8. The van der Waals surface area contributed by atoms with Gasteiger partial charge in [0, 0.05) is 17.6 Å². The van der Waals surface area contributed by atoms with Crippen molar-refractivity contribution in [3.05, 3.63) is 29.3 Å². The van der Waals surface area contributed by atoms with Crippen molar-refractivity contribution < 1.29 is 5.11 Å². The lowest BCUT2D eigenvalue weighted by Crippen LogP contribution is -2.40. The number of aryl methyl sites for hydroxylation is 1. The van der Waals surface area contributed by atoms with E-state index in [2.05, 4.69) is 44.3 Å². The van der Waals surface area contributed by atoms with Crippen LogP contribution in [0.5, 0.6) is 0 Å². The van der Waals surface area contributed by atoms with Crippen LogP contribution in [0.15, 0.2) is 18.2 Å². The number of rotatable bonds is 5. The summed E-state index contributed by atoms with van der Waals surface area (Å²) in [6, 6.07) is 6.48. The van der Waals surface area contributed by atoms with Crippen molar-refractivity contribution in [1.82, 2.24) is 0 Å². The van der Waals surface area contributed by atoms with E-state index < -0.39 is 0 Å². The average molecular weight is 247 g/mol. The summed E-state index contributed by atoms with van der Waals surface area (Å²) in [5.74, 6) is 0.527. The first-order valence-electron chi connectivity index (χ1n) is 7.02. The second-order valence-electron chi connectivity index (χ2n) is 6.06. The zero-order valence-electron chi connectivity index (χ0n) is 11.8. The fraction of sp³-hybridized carbons (Fsp3) is 0.625. The van der Waals surface area contributed by atoms with Crippen LogP contribution in [0.3, 0.4) is 0 Å². The molecule has 0 heterocycles. The molecule has 0 amide bonds. The minimum atomic E-state index is 0.135. The van der Waals surface area contributed by atoms with Gasteiger partial charge in [0.1, 0.15) is 0 Å². The van der Waals surface area contributed by atoms with Crippen molar-refractivity contribution in [2.45, 2.75) is 46.0 Å². The minimum Gasteiger partial charge on any atom is -0.396 e. The lowest BCUT2D eigenvalue weighted by molar-refractivity contribution is 0.0576. The maximum Gasteiger partial charge on any atom is 0.0504 e. The van der Waals surface area contributed by atoms with Gasteiger partial charge >= 0.3 is 0 Å². The van der Waals surface area contributed by atoms with Gasteiger partial charge in [-0.25, -0.2) is 0 Å². The van der Waals surface area contributed by atoms with Crippen molar-refractivity contribution in [1.29, 1.82) is 0 Å². The van der Waals surface area contributed by atoms with E-state index in [0.717, 1.165) is 19.4 Å². The summed E-state index contributed by atoms with van der Waals surface area (Å²) in [7, 11) is 0. The van der Waals surface area contributed by atoms with Crippen molar-refractivity contribution >= 4 is 5.69 Å². The van der Waals surface area contributed by atoms with E-state index in [-0.39, 0.29) is 5.41 Å². The Morgan fingerprint density at radius 3 is 2.56 bits per heavy atom. The largest absolute Gasteiger partial charge is 0.396 e. The molecule has 1 fully saturated rings. The van der Waals surface area contributed by atoms with Crippen molar-refractivity contribution in [2.75, 3.05) is 18.5 Å². The van der Waals surface area contributed by atoms with Crippen LogP contribution in [0, 0.1) is 12.3 Å². The number of aliphatic hydroxyl groups is 1. The van der Waals surface area contributed by atoms with E-state index in [1.807, 2.05) is 0 Å². The van der Waals surface area contributed by atoms with Crippen LogP contribution in [-0.4, -0.2) is 18.3 Å². The molecule has 2 rings (SSSR count). The molecule has 0 bridgehead atoms. The van der Waals surface area contributed by atoms with Gasteiger partial charge in [-0.05, 0) is 36.8 Å². The molecule has 0 radical (unpaired) electrons. The van der Waals surface area contributed by atoms with Gasteiger partial charge in [0.05, 0.1) is 6.61 Å². The van der Waals surface area contributed by atoms with Crippen LogP contribution < -0.4 is 5.32 Å². The molecule has 1 saturated carbocycles. The first-order valence-corrected chi connectivity index (χ1v) is 7.02. The summed E-state index contributed by atoms with van der Waals surface area (Å²) in [4.78, 5) is 0. The SMILES string of the molecule is Cc1cccc(C(C)C)c1NCC1(CO)CCC1. The highest BCUT2D eigenvalue weighted by Crippen LogP contribution is 2.41. The molecule has 0 saturated heterocycles. The summed E-state index contributed by atoms with van der Waals surface area (Å²) < 4.78 is 0. The molecule has 2 nitrogen and oxygen atoms in total. The van der Waals surface area contributed by atoms with E-state index in [4.69, 9.17) is 0 Å². The summed E-state index contributed by atoms with van der Waals surface area (Å²) in [6.45, 7) is 7.81. The lowest BCUT2D eigenvalue weighted by atomic mass is 9.69. The lowest BCUT2D eigenvalue weighted by Gasteiger charge is -2.41. The van der Waals surface area contributed by atoms with Crippen LogP contribution in [0.2, 0.25) is 0 Å². The van der Waals surface area contributed by atoms with Crippen LogP contribution >= 0.6 is 0 Å². The third-order valence-corrected chi connectivity index (χ3v) is 4.32. The van der Waals surface area contributed by atoms with Gasteiger partial charge in [-0.3, -0.25) is 0 Å². The van der Waals surface area contributed by atoms with E-state index in [1.165, 1.54) is 23.2 Å². The molecule has 2 N–H and O–H groups in total. The number of hydrogen-bond acceptors (Lipinski definition) is 2. The number of anilines is 1. The second kappa shape index (κ2) is 5.31. The summed E-state index contributed by atoms with van der Waals surface area (Å²) >= 11 is 0. The van der Waals surface area contributed by atoms with Gasteiger partial charge in [0.15, 0.2) is 0 Å². The molecule has 100 valence electrons. The highest BCUT2D eigenvalue weighted by Gasteiger charge is 2.36. The first kappa shape index (κ1) is 13.4. The van der Waals surface area contributed by atoms with Gasteiger partial charge in [-0.15, -0.1) is 0 Å². The zero-order chi connectivity index (χ0) is 13.2. The maximum absolute atomic E-state index is 9.52. The molecule has 0 atom stereocenters. The van der Waals surface area contributed by atoms with Gasteiger partial charge in [0.2, 0.25) is 0 Å². The van der Waals surface area contributed by atoms with Gasteiger partial charge in [-0.2, -0.15) is 0 Å². The Morgan fingerprint density at radius 2 is 2.06 bits per heavy atom. The highest BCUT2D eigenvalue weighted by molar-refractivity contribution is 5.58. The quantitative estimate of drug-likeness (QED) is 0.831. The topological polar surface area (TPSA) is 32.3 Å². The molecule has 18 heavy (non-hydrogen) atoms. The van der Waals surface area contributed by atoms with Crippen molar-refractivity contribution in [3.63, 3.8) is 0 Å². The molecule has 1 aromatic carbocycles. The molecule has 2 heteroatoms. The number of aliphatic hydroxyl groups excluding tert-OH is 1. The van der Waals surface area contributed by atoms with Crippen molar-refractivity contribution in [3.8, 4) is 0 Å². The number of para-hydroxylation sites is 1. The Morgan fingerprint density at radius 1 is 1.33 bits per heavy atom. The molecular formula is C16H25NO. The Hall–Kier alpha value is -1.02. The van der Waals surface area contributed by atoms with E-state index in [0.29, 0.717) is 12.5 Å². The predicted octanol–water partition coefficient (Wildman–Crippen LogP) is 3.69. The summed E-state index contributed by atoms with van der Waals surface area (Å²) in [6.07, 6.45) is 3.56. The minimum absolute atomic E-state index is 0.135. The smallest absolute Gasteiger partial charge is 0.0504 e. The first-order chi connectivity index (χ1) is 8.58. The van der Waals surface area contributed by atoms with Gasteiger partial charge in [0.25, 0.3) is 0 Å². The van der Waals surface area contributed by atoms with Gasteiger partial charge < -0.3 is 10.4 Å². The maximum atomic E-state index is 9.52. The number of hydrogen-bond donors (Lipinski definition) is 2. The molecule has 0 aliphatic heterocycles. The van der Waals surface area contributed by atoms with Crippen LogP contribution in [-0.2, 0) is 0 Å². The van der Waals surface area contributed by atoms with E-state index in [9.17, 15) is 5.11 Å². The monoisotopic (exact) mass is 247 g/mol. The molecule has 1 aliphatic carbocycles. The molecular weight excluding hydrogens is 222 g/mol. The normalized spacial score (nSPS) is 17.6. The second-order valence-corrected chi connectivity index (χ2v) is 6.06. The average Bonchev–Trinajstić information content (AvgIpc) is 2.29. The van der Waals surface area contributed by atoms with Crippen LogP contribution in [0.1, 0.15) is 50.2 Å². The molecule has 1 aromatic rings. The Kier molecular flexibility index (Phi) is 3.96. The Bertz CT molecular complexity index is 402. The highest BCUT2D eigenvalue weighted by atomic mass is 16.3. The third-order valence-electron chi connectivity index (χ3n) is 4.32. The number of benzene rings is 1. The molecule has 0 aromatic heterocycles. The fourth-order valence-corrected chi connectivity index (χ4v) is 2.76. The Balaban J connectivity index is 2.13. The molecule has 1 aliphatic rings. The van der Waals surface area contributed by atoms with E-state index >= 15 is 0 Å². The van der Waals surface area contributed by atoms with E-state index in [1.54, 1.807) is 0 Å². The number of nitrogens with one attached hydrogen (secondary N) is 1. The van der Waals surface area contributed by atoms with Crippen molar-refractivity contribution in [2.24, 2.45) is 5.41 Å².